The molecule has 0 spiro atoms. The highest BCUT2D eigenvalue weighted by molar-refractivity contribution is 7.90. The summed E-state index contributed by atoms with van der Waals surface area (Å²) in [7, 11) is -3.39. The SMILES string of the molecule is CS(=O)(=O)c1ccc(C(=O)Cn2nc(C(=O)O)c3ccccc3c2=O)cc1. The molecule has 0 fully saturated rings. The fourth-order valence-electron chi connectivity index (χ4n) is 2.62. The highest BCUT2D eigenvalue weighted by Crippen LogP contribution is 2.14. The van der Waals surface area contributed by atoms with Crippen molar-refractivity contribution in [3.63, 3.8) is 0 Å². The number of Topliss-reactive ketones (excluding diaryl/α,β-unsaturated/α-hetero) is 1. The van der Waals surface area contributed by atoms with E-state index in [0.717, 1.165) is 10.9 Å². The molecule has 0 saturated heterocycles. The molecule has 0 unspecified atom stereocenters. The third-order valence-corrected chi connectivity index (χ3v) is 5.10. The van der Waals surface area contributed by atoms with Gasteiger partial charge in [0.1, 0.15) is 6.54 Å². The van der Waals surface area contributed by atoms with Crippen LogP contribution >= 0.6 is 0 Å². The largest absolute Gasteiger partial charge is 0.476 e. The molecule has 8 nitrogen and oxygen atoms in total. The molecule has 0 amide bonds. The van der Waals surface area contributed by atoms with Crippen LogP contribution in [-0.2, 0) is 16.4 Å². The van der Waals surface area contributed by atoms with Gasteiger partial charge in [-0.2, -0.15) is 5.10 Å². The number of hydrogen-bond donors (Lipinski definition) is 1. The third-order valence-electron chi connectivity index (χ3n) is 3.97. The smallest absolute Gasteiger partial charge is 0.357 e. The first kappa shape index (κ1) is 18.5. The zero-order valence-electron chi connectivity index (χ0n) is 14.1. The van der Waals surface area contributed by atoms with Crippen LogP contribution in [-0.4, -0.2) is 41.3 Å². The van der Waals surface area contributed by atoms with Gasteiger partial charge in [0.05, 0.1) is 10.3 Å². The molecule has 1 aromatic heterocycles. The number of carboxylic acid groups (broad SMARTS) is 1. The maximum absolute atomic E-state index is 12.5. The van der Waals surface area contributed by atoms with Crippen LogP contribution in [0.25, 0.3) is 10.8 Å². The number of aromatic nitrogens is 2. The lowest BCUT2D eigenvalue weighted by molar-refractivity contribution is 0.0688. The van der Waals surface area contributed by atoms with Crippen molar-refractivity contribution >= 4 is 32.4 Å². The van der Waals surface area contributed by atoms with Gasteiger partial charge < -0.3 is 5.11 Å². The van der Waals surface area contributed by atoms with E-state index in [-0.39, 0.29) is 26.9 Å². The summed E-state index contributed by atoms with van der Waals surface area (Å²) in [6, 6.07) is 11.4. The zero-order chi connectivity index (χ0) is 19.8. The Labute approximate surface area is 153 Å². The molecule has 3 aromatic rings. The highest BCUT2D eigenvalue weighted by Gasteiger charge is 2.18. The Morgan fingerprint density at radius 2 is 1.63 bits per heavy atom. The molecule has 1 N–H and O–H groups in total. The lowest BCUT2D eigenvalue weighted by Crippen LogP contribution is -2.29. The summed E-state index contributed by atoms with van der Waals surface area (Å²) >= 11 is 0. The van der Waals surface area contributed by atoms with Gasteiger partial charge in [0, 0.05) is 17.2 Å². The second-order valence-electron chi connectivity index (χ2n) is 5.88. The number of nitrogens with zero attached hydrogens (tertiary/aromatic N) is 2. The first-order valence-corrected chi connectivity index (χ1v) is 9.64. The molecule has 27 heavy (non-hydrogen) atoms. The van der Waals surface area contributed by atoms with E-state index in [1.165, 1.54) is 36.4 Å². The van der Waals surface area contributed by atoms with E-state index in [9.17, 15) is 27.9 Å². The number of rotatable bonds is 5. The Balaban J connectivity index is 2.01. The molecule has 0 aliphatic carbocycles. The maximum atomic E-state index is 12.5. The van der Waals surface area contributed by atoms with Crippen LogP contribution < -0.4 is 5.56 Å². The Morgan fingerprint density at radius 1 is 1.04 bits per heavy atom. The molecule has 0 aliphatic rings. The number of carbonyl (C=O) groups excluding carboxylic acids is 1. The lowest BCUT2D eigenvalue weighted by atomic mass is 10.1. The van der Waals surface area contributed by atoms with Gasteiger partial charge in [-0.3, -0.25) is 9.59 Å². The van der Waals surface area contributed by atoms with Crippen molar-refractivity contribution in [1.82, 2.24) is 9.78 Å². The summed E-state index contributed by atoms with van der Waals surface area (Å²) in [6.07, 6.45) is 1.05. The Morgan fingerprint density at radius 3 is 2.19 bits per heavy atom. The number of hydrogen-bond acceptors (Lipinski definition) is 6. The van der Waals surface area contributed by atoms with Crippen molar-refractivity contribution in [3.8, 4) is 0 Å². The Kier molecular flexibility index (Phi) is 4.63. The Bertz CT molecular complexity index is 1230. The van der Waals surface area contributed by atoms with E-state index in [1.54, 1.807) is 12.1 Å². The monoisotopic (exact) mass is 386 g/mol. The van der Waals surface area contributed by atoms with Gasteiger partial charge in [-0.1, -0.05) is 30.3 Å². The number of carboxylic acids is 1. The molecular formula is C18H14N2O6S. The van der Waals surface area contributed by atoms with Crippen molar-refractivity contribution in [2.24, 2.45) is 0 Å². The molecule has 0 radical (unpaired) electrons. The van der Waals surface area contributed by atoms with Crippen LogP contribution in [0.3, 0.4) is 0 Å². The predicted octanol–water partition coefficient (Wildman–Crippen LogP) is 1.38. The standard InChI is InChI=1S/C18H14N2O6S/c1-27(25,26)12-8-6-11(7-9-12)15(21)10-20-17(22)14-5-3-2-4-13(14)16(19-20)18(23)24/h2-9H,10H2,1H3,(H,23,24). The van der Waals surface area contributed by atoms with Gasteiger partial charge in [-0.15, -0.1) is 0 Å². The van der Waals surface area contributed by atoms with E-state index >= 15 is 0 Å². The number of aromatic carboxylic acids is 1. The number of sulfone groups is 1. The molecule has 2 aromatic carbocycles. The van der Waals surface area contributed by atoms with Crippen molar-refractivity contribution in [2.75, 3.05) is 6.26 Å². The van der Waals surface area contributed by atoms with E-state index in [4.69, 9.17) is 0 Å². The van der Waals surface area contributed by atoms with Crippen LogP contribution in [0.15, 0.2) is 58.2 Å². The third kappa shape index (κ3) is 3.63. The minimum Gasteiger partial charge on any atom is -0.476 e. The summed E-state index contributed by atoms with van der Waals surface area (Å²) in [5.41, 5.74) is -0.733. The number of carbonyl (C=O) groups is 2. The van der Waals surface area contributed by atoms with Crippen LogP contribution in [0, 0.1) is 0 Å². The Hall–Kier alpha value is -3.33. The minimum absolute atomic E-state index is 0.0632. The van der Waals surface area contributed by atoms with Gasteiger partial charge >= 0.3 is 5.97 Å². The van der Waals surface area contributed by atoms with Gasteiger partial charge in [0.15, 0.2) is 21.3 Å². The predicted molar refractivity (Wildman–Crippen MR) is 96.8 cm³/mol. The van der Waals surface area contributed by atoms with Crippen molar-refractivity contribution in [2.45, 2.75) is 11.4 Å². The van der Waals surface area contributed by atoms with E-state index < -0.39 is 33.7 Å². The summed E-state index contributed by atoms with van der Waals surface area (Å²) < 4.78 is 23.8. The molecule has 9 heteroatoms. The number of ketones is 1. The molecule has 0 aliphatic heterocycles. The van der Waals surface area contributed by atoms with Gasteiger partial charge in [0.2, 0.25) is 0 Å². The summed E-state index contributed by atoms with van der Waals surface area (Å²) in [5.74, 6) is -1.82. The molecule has 0 bridgehead atoms. The maximum Gasteiger partial charge on any atom is 0.357 e. The van der Waals surface area contributed by atoms with E-state index in [2.05, 4.69) is 5.10 Å². The fraction of sp³-hybridized carbons (Fsp3) is 0.111. The van der Waals surface area contributed by atoms with E-state index in [1.807, 2.05) is 0 Å². The molecular weight excluding hydrogens is 372 g/mol. The van der Waals surface area contributed by atoms with Gasteiger partial charge in [-0.25, -0.2) is 17.9 Å². The second-order valence-corrected chi connectivity index (χ2v) is 7.90. The van der Waals surface area contributed by atoms with Crippen LogP contribution in [0.5, 0.6) is 0 Å². The summed E-state index contributed by atoms with van der Waals surface area (Å²) in [4.78, 5) is 36.5. The number of fused-ring (bicyclic) bond motifs is 1. The summed E-state index contributed by atoms with van der Waals surface area (Å²) in [6.45, 7) is -0.470. The summed E-state index contributed by atoms with van der Waals surface area (Å²) in [5, 5.41) is 13.5. The number of benzene rings is 2. The van der Waals surface area contributed by atoms with Gasteiger partial charge in [0.25, 0.3) is 5.56 Å². The molecule has 1 heterocycles. The molecule has 0 saturated carbocycles. The van der Waals surface area contributed by atoms with Gasteiger partial charge in [-0.05, 0) is 18.2 Å². The van der Waals surface area contributed by atoms with Crippen LogP contribution in [0.4, 0.5) is 0 Å². The van der Waals surface area contributed by atoms with Crippen LogP contribution in [0.1, 0.15) is 20.8 Å². The first-order valence-electron chi connectivity index (χ1n) is 7.75. The quantitative estimate of drug-likeness (QED) is 0.657. The second kappa shape index (κ2) is 6.76. The average molecular weight is 386 g/mol. The van der Waals surface area contributed by atoms with E-state index in [0.29, 0.717) is 0 Å². The lowest BCUT2D eigenvalue weighted by Gasteiger charge is -2.08. The first-order chi connectivity index (χ1) is 12.7. The van der Waals surface area contributed by atoms with Crippen molar-refractivity contribution in [1.29, 1.82) is 0 Å². The fourth-order valence-corrected chi connectivity index (χ4v) is 3.25. The highest BCUT2D eigenvalue weighted by atomic mass is 32.2. The molecule has 138 valence electrons. The minimum atomic E-state index is -3.39. The molecule has 0 atom stereocenters. The topological polar surface area (TPSA) is 123 Å². The van der Waals surface area contributed by atoms with Crippen molar-refractivity contribution in [3.05, 3.63) is 70.1 Å². The normalized spacial score (nSPS) is 11.4. The van der Waals surface area contributed by atoms with Crippen LogP contribution in [0.2, 0.25) is 0 Å². The average Bonchev–Trinajstić information content (AvgIpc) is 2.63. The molecule has 3 rings (SSSR count). The van der Waals surface area contributed by atoms with Crippen molar-refractivity contribution < 1.29 is 23.1 Å². The zero-order valence-corrected chi connectivity index (χ0v) is 14.9.